The van der Waals surface area contributed by atoms with Crippen LogP contribution < -0.4 is 0 Å². The van der Waals surface area contributed by atoms with Crippen LogP contribution in [0.15, 0.2) is 12.7 Å². The summed E-state index contributed by atoms with van der Waals surface area (Å²) in [7, 11) is 0. The van der Waals surface area contributed by atoms with E-state index in [-0.39, 0.29) is 25.5 Å². The molecule has 2 fully saturated rings. The highest BCUT2D eigenvalue weighted by atomic mass is 19.1. The molecule has 1 N–H and O–H groups in total. The van der Waals surface area contributed by atoms with Crippen LogP contribution in [0.25, 0.3) is 0 Å². The van der Waals surface area contributed by atoms with Gasteiger partial charge in [0.25, 0.3) is 0 Å². The minimum absolute atomic E-state index is 0.0431. The lowest BCUT2D eigenvalue weighted by atomic mass is 9.99. The van der Waals surface area contributed by atoms with E-state index >= 15 is 0 Å². The maximum absolute atomic E-state index is 13.6. The lowest BCUT2D eigenvalue weighted by molar-refractivity contribution is -0.142. The number of carboxylic acids is 1. The molecule has 94 valence electrons. The van der Waals surface area contributed by atoms with Crippen molar-refractivity contribution in [2.24, 2.45) is 11.8 Å². The monoisotopic (exact) mass is 243 g/mol. The first-order chi connectivity index (χ1) is 8.06. The Morgan fingerprint density at radius 2 is 2.29 bits per heavy atom. The fourth-order valence-corrected chi connectivity index (χ4v) is 2.79. The molecule has 0 spiro atoms. The first-order valence-corrected chi connectivity index (χ1v) is 5.47. The van der Waals surface area contributed by atoms with Gasteiger partial charge in [0, 0.05) is 6.54 Å². The van der Waals surface area contributed by atoms with Gasteiger partial charge in [0.05, 0.1) is 12.0 Å². The molecular weight excluding hydrogens is 229 g/mol. The van der Waals surface area contributed by atoms with Crippen LogP contribution in [0.2, 0.25) is 0 Å². The Morgan fingerprint density at radius 3 is 2.82 bits per heavy atom. The number of fused-ring (bicyclic) bond motifs is 2. The Labute approximate surface area is 97.8 Å². The van der Waals surface area contributed by atoms with Crippen molar-refractivity contribution in [3.05, 3.63) is 12.7 Å². The van der Waals surface area contributed by atoms with Crippen LogP contribution >= 0.6 is 0 Å². The Hall–Kier alpha value is -1.59. The van der Waals surface area contributed by atoms with Gasteiger partial charge in [0.2, 0.25) is 0 Å². The molecule has 1 saturated carbocycles. The Morgan fingerprint density at radius 1 is 1.59 bits per heavy atom. The number of aliphatic carboxylic acids is 1. The van der Waals surface area contributed by atoms with E-state index in [1.165, 1.54) is 11.0 Å². The number of carboxylic acid groups (broad SMARTS) is 1. The highest BCUT2D eigenvalue weighted by Gasteiger charge is 2.58. The molecule has 0 aromatic heterocycles. The molecule has 6 heteroatoms. The number of likely N-dealkylation sites (tertiary alicyclic amines) is 1. The van der Waals surface area contributed by atoms with Gasteiger partial charge in [-0.05, 0) is 12.3 Å². The molecule has 5 nitrogen and oxygen atoms in total. The van der Waals surface area contributed by atoms with Gasteiger partial charge in [-0.2, -0.15) is 0 Å². The topological polar surface area (TPSA) is 66.8 Å². The summed E-state index contributed by atoms with van der Waals surface area (Å²) in [4.78, 5) is 23.8. The first kappa shape index (κ1) is 11.9. The zero-order valence-electron chi connectivity index (χ0n) is 9.21. The molecule has 0 aromatic rings. The van der Waals surface area contributed by atoms with Crippen LogP contribution in [0.1, 0.15) is 6.42 Å². The molecule has 0 unspecified atom stereocenters. The van der Waals surface area contributed by atoms with Gasteiger partial charge in [-0.25, -0.2) is 9.18 Å². The third kappa shape index (κ3) is 1.87. The van der Waals surface area contributed by atoms with Crippen LogP contribution in [0.5, 0.6) is 0 Å². The average molecular weight is 243 g/mol. The van der Waals surface area contributed by atoms with Crippen LogP contribution in [-0.4, -0.2) is 47.4 Å². The highest BCUT2D eigenvalue weighted by molar-refractivity contribution is 5.76. The number of piperidine rings is 1. The third-order valence-electron chi connectivity index (χ3n) is 3.41. The molecule has 2 bridgehead atoms. The van der Waals surface area contributed by atoms with E-state index in [1.807, 2.05) is 0 Å². The number of carbonyl (C=O) groups excluding carboxylic acids is 1. The Bertz CT molecular complexity index is 359. The molecule has 1 amide bonds. The minimum Gasteiger partial charge on any atom is -0.481 e. The number of ether oxygens (including phenoxy) is 1. The molecule has 1 saturated heterocycles. The summed E-state index contributed by atoms with van der Waals surface area (Å²) in [6.45, 7) is 3.71. The molecule has 17 heavy (non-hydrogen) atoms. The SMILES string of the molecule is C=CCOC(=O)N1C[C@H]2C[C@@H](F)[C@@H]1[C@@H]2C(=O)O. The van der Waals surface area contributed by atoms with Gasteiger partial charge in [-0.15, -0.1) is 0 Å². The van der Waals surface area contributed by atoms with E-state index in [1.54, 1.807) is 0 Å². The smallest absolute Gasteiger partial charge is 0.410 e. The molecule has 0 aromatic carbocycles. The number of hydrogen-bond acceptors (Lipinski definition) is 3. The Balaban J connectivity index is 2.10. The van der Waals surface area contributed by atoms with E-state index in [2.05, 4.69) is 6.58 Å². The normalized spacial score (nSPS) is 34.8. The standard InChI is InChI=1S/C11H14FNO4/c1-2-3-17-11(16)13-5-6-4-7(12)9(13)8(6)10(14)15/h2,6-9H,1,3-5H2,(H,14,15)/t6-,7-,8-,9-/m1/s1. The largest absolute Gasteiger partial charge is 0.481 e. The zero-order valence-corrected chi connectivity index (χ0v) is 9.21. The summed E-state index contributed by atoms with van der Waals surface area (Å²) < 4.78 is 18.4. The van der Waals surface area contributed by atoms with Gasteiger partial charge >= 0.3 is 12.1 Å². The summed E-state index contributed by atoms with van der Waals surface area (Å²) in [5.41, 5.74) is 0. The van der Waals surface area contributed by atoms with E-state index in [0.717, 1.165) is 0 Å². The zero-order chi connectivity index (χ0) is 12.6. The van der Waals surface area contributed by atoms with Crippen LogP contribution in [0.3, 0.4) is 0 Å². The second-order valence-corrected chi connectivity index (χ2v) is 4.38. The average Bonchev–Trinajstić information content (AvgIpc) is 2.79. The van der Waals surface area contributed by atoms with Crippen molar-refractivity contribution in [2.45, 2.75) is 18.6 Å². The van der Waals surface area contributed by atoms with Crippen molar-refractivity contribution < 1.29 is 23.8 Å². The lowest BCUT2D eigenvalue weighted by Crippen LogP contribution is -2.45. The van der Waals surface area contributed by atoms with Crippen molar-refractivity contribution in [1.82, 2.24) is 4.90 Å². The lowest BCUT2D eigenvalue weighted by Gasteiger charge is -2.28. The number of amides is 1. The van der Waals surface area contributed by atoms with E-state index in [4.69, 9.17) is 9.84 Å². The highest BCUT2D eigenvalue weighted by Crippen LogP contribution is 2.44. The second-order valence-electron chi connectivity index (χ2n) is 4.38. The van der Waals surface area contributed by atoms with Crippen molar-refractivity contribution in [2.75, 3.05) is 13.2 Å². The van der Waals surface area contributed by atoms with Gasteiger partial charge in [-0.3, -0.25) is 4.79 Å². The van der Waals surface area contributed by atoms with E-state index in [0.29, 0.717) is 0 Å². The van der Waals surface area contributed by atoms with Crippen molar-refractivity contribution >= 4 is 12.1 Å². The van der Waals surface area contributed by atoms with Crippen LogP contribution in [0.4, 0.5) is 9.18 Å². The predicted molar refractivity (Wildman–Crippen MR) is 56.2 cm³/mol. The van der Waals surface area contributed by atoms with Gasteiger partial charge in [-0.1, -0.05) is 12.7 Å². The first-order valence-electron chi connectivity index (χ1n) is 5.47. The Kier molecular flexibility index (Phi) is 3.04. The molecular formula is C11H14FNO4. The van der Waals surface area contributed by atoms with Crippen molar-refractivity contribution in [1.29, 1.82) is 0 Å². The quantitative estimate of drug-likeness (QED) is 0.752. The van der Waals surface area contributed by atoms with Crippen molar-refractivity contribution in [3.63, 3.8) is 0 Å². The predicted octanol–water partition coefficient (Wildman–Crippen LogP) is 1.05. The second kappa shape index (κ2) is 4.35. The minimum atomic E-state index is -1.27. The summed E-state index contributed by atoms with van der Waals surface area (Å²) in [6.07, 6.45) is -0.308. The van der Waals surface area contributed by atoms with E-state index < -0.39 is 30.2 Å². The number of alkyl halides is 1. The van der Waals surface area contributed by atoms with Gasteiger partial charge in [0.15, 0.2) is 0 Å². The number of rotatable bonds is 3. The maximum atomic E-state index is 13.6. The summed E-state index contributed by atoms with van der Waals surface area (Å²) in [6, 6.07) is -0.880. The molecule has 0 radical (unpaired) electrons. The number of carbonyl (C=O) groups is 2. The number of hydrogen-bond donors (Lipinski definition) is 1. The summed E-state index contributed by atoms with van der Waals surface area (Å²) in [5.74, 6) is -2.15. The molecule has 2 aliphatic rings. The molecule has 1 heterocycles. The maximum Gasteiger partial charge on any atom is 0.410 e. The molecule has 1 aliphatic heterocycles. The fourth-order valence-electron chi connectivity index (χ4n) is 2.79. The summed E-state index contributed by atoms with van der Waals surface area (Å²) >= 11 is 0. The van der Waals surface area contributed by atoms with E-state index in [9.17, 15) is 14.0 Å². The van der Waals surface area contributed by atoms with Crippen LogP contribution in [0, 0.1) is 11.8 Å². The number of nitrogens with zero attached hydrogens (tertiary/aromatic N) is 1. The number of halogens is 1. The molecule has 4 atom stereocenters. The molecule has 1 aliphatic carbocycles. The van der Waals surface area contributed by atoms with Gasteiger partial charge in [0.1, 0.15) is 12.8 Å². The third-order valence-corrected chi connectivity index (χ3v) is 3.41. The molecule has 2 rings (SSSR count). The van der Waals surface area contributed by atoms with Gasteiger partial charge < -0.3 is 14.7 Å². The van der Waals surface area contributed by atoms with Crippen LogP contribution in [-0.2, 0) is 9.53 Å². The summed E-state index contributed by atoms with van der Waals surface area (Å²) in [5, 5.41) is 9.03. The van der Waals surface area contributed by atoms with Crippen molar-refractivity contribution in [3.8, 4) is 0 Å². The fraction of sp³-hybridized carbons (Fsp3) is 0.636.